The minimum Gasteiger partial charge on any atom is -0.361 e. The highest BCUT2D eigenvalue weighted by atomic mass is 15.2. The van der Waals surface area contributed by atoms with E-state index in [1.165, 1.54) is 25.7 Å². The van der Waals surface area contributed by atoms with Crippen molar-refractivity contribution < 1.29 is 0 Å². The lowest BCUT2D eigenvalue weighted by molar-refractivity contribution is 0.362. The van der Waals surface area contributed by atoms with Gasteiger partial charge in [0.05, 0.1) is 5.84 Å². The molecule has 0 saturated heterocycles. The molecule has 2 nitrogen and oxygen atoms in total. The minimum absolute atomic E-state index is 0.670. The first kappa shape index (κ1) is 9.56. The predicted molar refractivity (Wildman–Crippen MR) is 52.7 cm³/mol. The second-order valence-corrected chi connectivity index (χ2v) is 3.75. The molecular weight excluding hydrogens is 148 g/mol. The van der Waals surface area contributed by atoms with Crippen LogP contribution in [-0.4, -0.2) is 23.8 Å². The Morgan fingerprint density at radius 2 is 2.00 bits per heavy atom. The zero-order valence-corrected chi connectivity index (χ0v) is 8.27. The second kappa shape index (κ2) is 4.48. The van der Waals surface area contributed by atoms with E-state index >= 15 is 0 Å². The standard InChI is InChI=1S/C10H20N2/c1-3-6-10(11)12(2)9-7-4-5-8-9/h9,11H,3-8H2,1-2H3. The van der Waals surface area contributed by atoms with Gasteiger partial charge in [-0.1, -0.05) is 19.8 Å². The molecule has 0 bridgehead atoms. The molecular formula is C10H20N2. The van der Waals surface area contributed by atoms with Crippen LogP contribution in [-0.2, 0) is 0 Å². The molecule has 0 atom stereocenters. The normalized spacial score (nSPS) is 18.2. The van der Waals surface area contributed by atoms with Crippen molar-refractivity contribution in [2.45, 2.75) is 51.5 Å². The number of hydrogen-bond acceptors (Lipinski definition) is 1. The smallest absolute Gasteiger partial charge is 0.0957 e. The van der Waals surface area contributed by atoms with Crippen LogP contribution in [0.2, 0.25) is 0 Å². The molecule has 0 aliphatic heterocycles. The molecule has 1 rings (SSSR count). The first-order chi connectivity index (χ1) is 5.75. The van der Waals surface area contributed by atoms with Gasteiger partial charge in [-0.25, -0.2) is 0 Å². The van der Waals surface area contributed by atoms with Crippen molar-refractivity contribution >= 4 is 5.84 Å². The molecule has 0 aromatic rings. The Bertz CT molecular complexity index is 148. The van der Waals surface area contributed by atoms with Crippen LogP contribution >= 0.6 is 0 Å². The molecule has 12 heavy (non-hydrogen) atoms. The molecule has 1 aliphatic rings. The van der Waals surface area contributed by atoms with E-state index in [0.29, 0.717) is 6.04 Å². The van der Waals surface area contributed by atoms with Crippen LogP contribution in [0, 0.1) is 5.41 Å². The van der Waals surface area contributed by atoms with E-state index in [2.05, 4.69) is 18.9 Å². The van der Waals surface area contributed by atoms with Crippen LogP contribution in [0.15, 0.2) is 0 Å². The van der Waals surface area contributed by atoms with E-state index in [9.17, 15) is 0 Å². The zero-order valence-electron chi connectivity index (χ0n) is 8.27. The molecule has 2 heteroatoms. The summed E-state index contributed by atoms with van der Waals surface area (Å²) in [5, 5.41) is 7.79. The average molecular weight is 168 g/mol. The molecule has 1 aliphatic carbocycles. The lowest BCUT2D eigenvalue weighted by atomic mass is 10.2. The summed E-state index contributed by atoms with van der Waals surface area (Å²) in [6.07, 6.45) is 7.33. The molecule has 1 fully saturated rings. The Kier molecular flexibility index (Phi) is 3.57. The first-order valence-electron chi connectivity index (χ1n) is 5.06. The van der Waals surface area contributed by atoms with Gasteiger partial charge in [0.2, 0.25) is 0 Å². The maximum atomic E-state index is 7.79. The zero-order chi connectivity index (χ0) is 8.97. The highest BCUT2D eigenvalue weighted by Crippen LogP contribution is 2.22. The van der Waals surface area contributed by atoms with Crippen molar-refractivity contribution in [2.75, 3.05) is 7.05 Å². The summed E-state index contributed by atoms with van der Waals surface area (Å²) in [6, 6.07) is 0.670. The van der Waals surface area contributed by atoms with Gasteiger partial charge in [0.25, 0.3) is 0 Å². The number of rotatable bonds is 3. The Labute approximate surface area is 75.5 Å². The highest BCUT2D eigenvalue weighted by molar-refractivity contribution is 5.79. The van der Waals surface area contributed by atoms with Crippen molar-refractivity contribution in [1.29, 1.82) is 5.41 Å². The van der Waals surface area contributed by atoms with Gasteiger partial charge in [0, 0.05) is 19.5 Å². The maximum Gasteiger partial charge on any atom is 0.0957 e. The third-order valence-electron chi connectivity index (χ3n) is 2.78. The molecule has 0 amide bonds. The maximum absolute atomic E-state index is 7.79. The first-order valence-corrected chi connectivity index (χ1v) is 5.06. The van der Waals surface area contributed by atoms with Gasteiger partial charge < -0.3 is 4.90 Å². The number of nitrogens with one attached hydrogen (secondary N) is 1. The largest absolute Gasteiger partial charge is 0.361 e. The SMILES string of the molecule is CCCC(=N)N(C)C1CCCC1. The molecule has 0 radical (unpaired) electrons. The molecule has 70 valence electrons. The van der Waals surface area contributed by atoms with Crippen molar-refractivity contribution in [3.8, 4) is 0 Å². The summed E-state index contributed by atoms with van der Waals surface area (Å²) in [4.78, 5) is 2.18. The molecule has 0 spiro atoms. The Hall–Kier alpha value is -0.530. The lowest BCUT2D eigenvalue weighted by Crippen LogP contribution is -2.34. The van der Waals surface area contributed by atoms with Gasteiger partial charge in [-0.15, -0.1) is 0 Å². The molecule has 0 unspecified atom stereocenters. The van der Waals surface area contributed by atoms with Crippen LogP contribution in [0.4, 0.5) is 0 Å². The summed E-state index contributed by atoms with van der Waals surface area (Å²) in [5.74, 6) is 0.824. The average Bonchev–Trinajstić information content (AvgIpc) is 2.55. The van der Waals surface area contributed by atoms with Crippen LogP contribution in [0.1, 0.15) is 45.4 Å². The fourth-order valence-corrected chi connectivity index (χ4v) is 1.93. The third-order valence-corrected chi connectivity index (χ3v) is 2.78. The van der Waals surface area contributed by atoms with E-state index in [1.54, 1.807) is 0 Å². The summed E-state index contributed by atoms with van der Waals surface area (Å²) in [5.41, 5.74) is 0. The van der Waals surface area contributed by atoms with Gasteiger partial charge >= 0.3 is 0 Å². The van der Waals surface area contributed by atoms with Crippen LogP contribution in [0.3, 0.4) is 0 Å². The monoisotopic (exact) mass is 168 g/mol. The van der Waals surface area contributed by atoms with Crippen LogP contribution in [0.5, 0.6) is 0 Å². The van der Waals surface area contributed by atoms with E-state index < -0.39 is 0 Å². The fourth-order valence-electron chi connectivity index (χ4n) is 1.93. The van der Waals surface area contributed by atoms with Crippen LogP contribution in [0.25, 0.3) is 0 Å². The van der Waals surface area contributed by atoms with Crippen molar-refractivity contribution in [1.82, 2.24) is 4.90 Å². The van der Waals surface area contributed by atoms with E-state index in [1.807, 2.05) is 0 Å². The summed E-state index contributed by atoms with van der Waals surface area (Å²) < 4.78 is 0. The number of nitrogens with zero attached hydrogens (tertiary/aromatic N) is 1. The van der Waals surface area contributed by atoms with Crippen molar-refractivity contribution in [3.05, 3.63) is 0 Å². The Morgan fingerprint density at radius 1 is 1.42 bits per heavy atom. The van der Waals surface area contributed by atoms with Gasteiger partial charge in [0.15, 0.2) is 0 Å². The van der Waals surface area contributed by atoms with Gasteiger partial charge in [-0.2, -0.15) is 0 Å². The Balaban J connectivity index is 2.34. The quantitative estimate of drug-likeness (QED) is 0.509. The van der Waals surface area contributed by atoms with Crippen molar-refractivity contribution in [2.24, 2.45) is 0 Å². The molecule has 1 saturated carbocycles. The fraction of sp³-hybridized carbons (Fsp3) is 0.900. The lowest BCUT2D eigenvalue weighted by Gasteiger charge is -2.26. The topological polar surface area (TPSA) is 27.1 Å². The Morgan fingerprint density at radius 3 is 2.50 bits per heavy atom. The molecule has 0 heterocycles. The second-order valence-electron chi connectivity index (χ2n) is 3.75. The van der Waals surface area contributed by atoms with Gasteiger partial charge in [-0.05, 0) is 19.3 Å². The third kappa shape index (κ3) is 2.23. The molecule has 0 aromatic heterocycles. The van der Waals surface area contributed by atoms with Gasteiger partial charge in [-0.3, -0.25) is 5.41 Å². The molecule has 0 aromatic carbocycles. The summed E-state index contributed by atoms with van der Waals surface area (Å²) >= 11 is 0. The number of amidine groups is 1. The summed E-state index contributed by atoms with van der Waals surface area (Å²) in [7, 11) is 2.08. The van der Waals surface area contributed by atoms with Crippen molar-refractivity contribution in [3.63, 3.8) is 0 Å². The minimum atomic E-state index is 0.670. The summed E-state index contributed by atoms with van der Waals surface area (Å²) in [6.45, 7) is 2.14. The van der Waals surface area contributed by atoms with Gasteiger partial charge in [0.1, 0.15) is 0 Å². The predicted octanol–water partition coefficient (Wildman–Crippen LogP) is 2.64. The van der Waals surface area contributed by atoms with E-state index in [-0.39, 0.29) is 0 Å². The molecule has 1 N–H and O–H groups in total. The number of hydrogen-bond donors (Lipinski definition) is 1. The highest BCUT2D eigenvalue weighted by Gasteiger charge is 2.20. The van der Waals surface area contributed by atoms with E-state index in [4.69, 9.17) is 5.41 Å². The van der Waals surface area contributed by atoms with Crippen LogP contribution < -0.4 is 0 Å². The van der Waals surface area contributed by atoms with E-state index in [0.717, 1.165) is 18.7 Å².